The first kappa shape index (κ1) is 10.3. The lowest BCUT2D eigenvalue weighted by atomic mass is 9.92. The van der Waals surface area contributed by atoms with Crippen LogP contribution in [0.15, 0.2) is 12.7 Å². The average Bonchev–Trinajstić information content (AvgIpc) is 2.17. The van der Waals surface area contributed by atoms with E-state index in [9.17, 15) is 9.90 Å². The molecule has 1 aliphatic heterocycles. The predicted molar refractivity (Wildman–Crippen MR) is 51.2 cm³/mol. The van der Waals surface area contributed by atoms with Crippen molar-refractivity contribution in [1.29, 1.82) is 0 Å². The Hall–Kier alpha value is -0.830. The summed E-state index contributed by atoms with van der Waals surface area (Å²) in [5, 5.41) is 9.34. The minimum Gasteiger partial charge on any atom is -0.393 e. The van der Waals surface area contributed by atoms with Gasteiger partial charge in [0.15, 0.2) is 0 Å². The molecule has 1 heterocycles. The molecule has 0 bridgehead atoms. The molecule has 1 aliphatic rings. The van der Waals surface area contributed by atoms with Gasteiger partial charge in [-0.05, 0) is 31.8 Å². The summed E-state index contributed by atoms with van der Waals surface area (Å²) in [6, 6.07) is 0. The van der Waals surface area contributed by atoms with Crippen molar-refractivity contribution < 1.29 is 9.90 Å². The van der Waals surface area contributed by atoms with Crippen molar-refractivity contribution in [3.05, 3.63) is 12.7 Å². The van der Waals surface area contributed by atoms with Gasteiger partial charge in [-0.1, -0.05) is 6.58 Å². The topological polar surface area (TPSA) is 40.5 Å². The van der Waals surface area contributed by atoms with Crippen LogP contribution in [-0.2, 0) is 4.79 Å². The SMILES string of the molecule is C=CC(=O)N1CCC(C(C)O)CC1. The molecule has 13 heavy (non-hydrogen) atoms. The quantitative estimate of drug-likeness (QED) is 0.643. The molecule has 0 aromatic rings. The maximum absolute atomic E-state index is 11.2. The Morgan fingerprint density at radius 1 is 1.62 bits per heavy atom. The van der Waals surface area contributed by atoms with Gasteiger partial charge in [0.25, 0.3) is 0 Å². The van der Waals surface area contributed by atoms with Crippen molar-refractivity contribution in [3.63, 3.8) is 0 Å². The lowest BCUT2D eigenvalue weighted by Crippen LogP contribution is -2.39. The normalized spacial score (nSPS) is 21.2. The Kier molecular flexibility index (Phi) is 3.48. The van der Waals surface area contributed by atoms with Crippen molar-refractivity contribution in [3.8, 4) is 0 Å². The van der Waals surface area contributed by atoms with Gasteiger partial charge < -0.3 is 10.0 Å². The highest BCUT2D eigenvalue weighted by molar-refractivity contribution is 5.87. The number of carbonyl (C=O) groups excluding carboxylic acids is 1. The standard InChI is InChI=1S/C10H17NO2/c1-3-10(13)11-6-4-9(5-7-11)8(2)12/h3,8-9,12H,1,4-7H2,2H3. The van der Waals surface area contributed by atoms with Crippen LogP contribution in [0.1, 0.15) is 19.8 Å². The van der Waals surface area contributed by atoms with E-state index < -0.39 is 0 Å². The lowest BCUT2D eigenvalue weighted by Gasteiger charge is -2.32. The van der Waals surface area contributed by atoms with E-state index in [1.54, 1.807) is 4.90 Å². The van der Waals surface area contributed by atoms with Crippen molar-refractivity contribution in [2.45, 2.75) is 25.9 Å². The molecule has 1 N–H and O–H groups in total. The van der Waals surface area contributed by atoms with Gasteiger partial charge in [0.05, 0.1) is 6.10 Å². The van der Waals surface area contributed by atoms with Gasteiger partial charge in [-0.2, -0.15) is 0 Å². The third kappa shape index (κ3) is 2.56. The van der Waals surface area contributed by atoms with Crippen LogP contribution in [0.2, 0.25) is 0 Å². The van der Waals surface area contributed by atoms with Gasteiger partial charge in [0.1, 0.15) is 0 Å². The van der Waals surface area contributed by atoms with Crippen LogP contribution in [0.4, 0.5) is 0 Å². The van der Waals surface area contributed by atoms with E-state index in [0.29, 0.717) is 5.92 Å². The van der Waals surface area contributed by atoms with Gasteiger partial charge in [-0.25, -0.2) is 0 Å². The Bertz CT molecular complexity index is 193. The van der Waals surface area contributed by atoms with Crippen LogP contribution in [-0.4, -0.2) is 35.1 Å². The van der Waals surface area contributed by atoms with Crippen LogP contribution in [0, 0.1) is 5.92 Å². The molecule has 0 aromatic heterocycles. The largest absolute Gasteiger partial charge is 0.393 e. The maximum atomic E-state index is 11.2. The molecule has 74 valence electrons. The molecule has 0 saturated carbocycles. The predicted octanol–water partition coefficient (Wildman–Crippen LogP) is 0.792. The molecule has 0 spiro atoms. The summed E-state index contributed by atoms with van der Waals surface area (Å²) >= 11 is 0. The first-order valence-electron chi connectivity index (χ1n) is 4.74. The molecule has 0 radical (unpaired) electrons. The van der Waals surface area contributed by atoms with Crippen LogP contribution in [0.5, 0.6) is 0 Å². The van der Waals surface area contributed by atoms with Crippen LogP contribution in [0.3, 0.4) is 0 Å². The van der Waals surface area contributed by atoms with Crippen molar-refractivity contribution in [2.24, 2.45) is 5.92 Å². The average molecular weight is 183 g/mol. The Labute approximate surface area is 79.0 Å². The zero-order valence-electron chi connectivity index (χ0n) is 8.07. The first-order chi connectivity index (χ1) is 6.15. The van der Waals surface area contributed by atoms with Crippen LogP contribution < -0.4 is 0 Å². The molecule has 0 aliphatic carbocycles. The van der Waals surface area contributed by atoms with E-state index in [-0.39, 0.29) is 12.0 Å². The van der Waals surface area contributed by atoms with Crippen molar-refractivity contribution in [1.82, 2.24) is 4.90 Å². The molecule has 1 saturated heterocycles. The van der Waals surface area contributed by atoms with Crippen molar-refractivity contribution in [2.75, 3.05) is 13.1 Å². The number of rotatable bonds is 2. The van der Waals surface area contributed by atoms with E-state index >= 15 is 0 Å². The summed E-state index contributed by atoms with van der Waals surface area (Å²) in [6.45, 7) is 6.77. The van der Waals surface area contributed by atoms with Crippen molar-refractivity contribution >= 4 is 5.91 Å². The number of aliphatic hydroxyl groups excluding tert-OH is 1. The fraction of sp³-hybridized carbons (Fsp3) is 0.700. The molecular weight excluding hydrogens is 166 g/mol. The van der Waals surface area contributed by atoms with Crippen LogP contribution >= 0.6 is 0 Å². The molecule has 0 aromatic carbocycles. The summed E-state index contributed by atoms with van der Waals surface area (Å²) in [5.41, 5.74) is 0. The van der Waals surface area contributed by atoms with E-state index in [4.69, 9.17) is 0 Å². The number of piperidine rings is 1. The Balaban J connectivity index is 2.38. The number of carbonyl (C=O) groups is 1. The third-order valence-corrected chi connectivity index (χ3v) is 2.71. The van der Waals surface area contributed by atoms with Gasteiger partial charge in [-0.15, -0.1) is 0 Å². The maximum Gasteiger partial charge on any atom is 0.245 e. The lowest BCUT2D eigenvalue weighted by molar-refractivity contribution is -0.127. The number of amides is 1. The highest BCUT2D eigenvalue weighted by atomic mass is 16.3. The van der Waals surface area contributed by atoms with Gasteiger partial charge in [0, 0.05) is 13.1 Å². The van der Waals surface area contributed by atoms with E-state index in [0.717, 1.165) is 25.9 Å². The molecule has 3 nitrogen and oxygen atoms in total. The fourth-order valence-electron chi connectivity index (χ4n) is 1.73. The summed E-state index contributed by atoms with van der Waals surface area (Å²) in [5.74, 6) is 0.359. The highest BCUT2D eigenvalue weighted by Gasteiger charge is 2.23. The molecule has 1 unspecified atom stereocenters. The molecule has 1 amide bonds. The number of nitrogens with zero attached hydrogens (tertiary/aromatic N) is 1. The smallest absolute Gasteiger partial charge is 0.245 e. The Morgan fingerprint density at radius 3 is 2.54 bits per heavy atom. The second-order valence-electron chi connectivity index (χ2n) is 3.61. The molecule has 1 fully saturated rings. The van der Waals surface area contributed by atoms with Gasteiger partial charge in [0.2, 0.25) is 5.91 Å². The first-order valence-corrected chi connectivity index (χ1v) is 4.74. The number of aliphatic hydroxyl groups is 1. The van der Waals surface area contributed by atoms with Crippen LogP contribution in [0.25, 0.3) is 0 Å². The molecule has 1 rings (SSSR count). The minimum absolute atomic E-state index is 0.00374. The second kappa shape index (κ2) is 4.42. The Morgan fingerprint density at radius 2 is 2.15 bits per heavy atom. The summed E-state index contributed by atoms with van der Waals surface area (Å²) in [7, 11) is 0. The molecular formula is C10H17NO2. The minimum atomic E-state index is -0.249. The van der Waals surface area contributed by atoms with E-state index in [1.165, 1.54) is 6.08 Å². The number of likely N-dealkylation sites (tertiary alicyclic amines) is 1. The highest BCUT2D eigenvalue weighted by Crippen LogP contribution is 2.20. The number of hydrogen-bond acceptors (Lipinski definition) is 2. The zero-order valence-corrected chi connectivity index (χ0v) is 8.07. The third-order valence-electron chi connectivity index (χ3n) is 2.71. The zero-order chi connectivity index (χ0) is 9.84. The van der Waals surface area contributed by atoms with E-state index in [1.807, 2.05) is 6.92 Å². The second-order valence-corrected chi connectivity index (χ2v) is 3.61. The molecule has 3 heteroatoms. The summed E-state index contributed by atoms with van der Waals surface area (Å²) < 4.78 is 0. The monoisotopic (exact) mass is 183 g/mol. The van der Waals surface area contributed by atoms with Gasteiger partial charge >= 0.3 is 0 Å². The van der Waals surface area contributed by atoms with Gasteiger partial charge in [-0.3, -0.25) is 4.79 Å². The summed E-state index contributed by atoms with van der Waals surface area (Å²) in [6.07, 6.45) is 2.90. The summed E-state index contributed by atoms with van der Waals surface area (Å²) in [4.78, 5) is 13.0. The van der Waals surface area contributed by atoms with E-state index in [2.05, 4.69) is 6.58 Å². The fourth-order valence-corrected chi connectivity index (χ4v) is 1.73. The number of hydrogen-bond donors (Lipinski definition) is 1. The molecule has 1 atom stereocenters.